The molecular formula is C9H11N3O. The van der Waals surface area contributed by atoms with Crippen molar-refractivity contribution >= 4 is 5.52 Å². The highest BCUT2D eigenvalue weighted by molar-refractivity contribution is 5.47. The second kappa shape index (κ2) is 3.16. The summed E-state index contributed by atoms with van der Waals surface area (Å²) < 4.78 is 1.88. The van der Waals surface area contributed by atoms with E-state index in [-0.39, 0.29) is 6.54 Å². The Morgan fingerprint density at radius 1 is 1.62 bits per heavy atom. The van der Waals surface area contributed by atoms with Crippen LogP contribution in [0, 0.1) is 0 Å². The number of hydrogen-bond acceptors (Lipinski definition) is 3. The lowest BCUT2D eigenvalue weighted by Crippen LogP contribution is -2.11. The number of imidazole rings is 1. The van der Waals surface area contributed by atoms with Gasteiger partial charge in [-0.1, -0.05) is 0 Å². The minimum absolute atomic E-state index is 0.240. The van der Waals surface area contributed by atoms with E-state index in [2.05, 4.69) is 4.98 Å². The molecule has 68 valence electrons. The van der Waals surface area contributed by atoms with Crippen molar-refractivity contribution in [2.45, 2.75) is 6.10 Å². The third kappa shape index (κ3) is 1.41. The average molecular weight is 177 g/mol. The molecule has 0 aliphatic rings. The first-order valence-corrected chi connectivity index (χ1v) is 4.11. The summed E-state index contributed by atoms with van der Waals surface area (Å²) >= 11 is 0. The van der Waals surface area contributed by atoms with Crippen LogP contribution in [0.1, 0.15) is 11.7 Å². The molecule has 1 atom stereocenters. The molecule has 0 saturated heterocycles. The van der Waals surface area contributed by atoms with Crippen LogP contribution in [0.4, 0.5) is 0 Å². The molecule has 13 heavy (non-hydrogen) atoms. The Labute approximate surface area is 75.6 Å². The van der Waals surface area contributed by atoms with Gasteiger partial charge in [-0.3, -0.25) is 0 Å². The first kappa shape index (κ1) is 8.22. The minimum Gasteiger partial charge on any atom is -0.387 e. The number of fused-ring (bicyclic) bond motifs is 1. The maximum Gasteiger partial charge on any atom is 0.0991 e. The van der Waals surface area contributed by atoms with Gasteiger partial charge in [0.05, 0.1) is 24.1 Å². The van der Waals surface area contributed by atoms with Crippen LogP contribution in [0.5, 0.6) is 0 Å². The van der Waals surface area contributed by atoms with Crippen LogP contribution < -0.4 is 5.73 Å². The van der Waals surface area contributed by atoms with E-state index in [1.807, 2.05) is 22.7 Å². The Hall–Kier alpha value is -1.39. The number of nitrogens with two attached hydrogens (primary N) is 1. The van der Waals surface area contributed by atoms with E-state index in [1.165, 1.54) is 0 Å². The monoisotopic (exact) mass is 177 g/mol. The zero-order chi connectivity index (χ0) is 9.26. The van der Waals surface area contributed by atoms with Crippen molar-refractivity contribution in [3.8, 4) is 0 Å². The molecule has 4 heteroatoms. The fourth-order valence-corrected chi connectivity index (χ4v) is 1.28. The number of pyridine rings is 1. The lowest BCUT2D eigenvalue weighted by molar-refractivity contribution is 0.187. The fourth-order valence-electron chi connectivity index (χ4n) is 1.28. The Balaban J connectivity index is 2.48. The van der Waals surface area contributed by atoms with Crippen LogP contribution in [0.25, 0.3) is 5.52 Å². The molecule has 0 aliphatic carbocycles. The maximum absolute atomic E-state index is 9.47. The summed E-state index contributed by atoms with van der Waals surface area (Å²) in [7, 11) is 0. The molecule has 0 bridgehead atoms. The quantitative estimate of drug-likeness (QED) is 0.694. The molecule has 0 spiro atoms. The van der Waals surface area contributed by atoms with E-state index in [4.69, 9.17) is 5.73 Å². The van der Waals surface area contributed by atoms with Gasteiger partial charge < -0.3 is 15.2 Å². The van der Waals surface area contributed by atoms with E-state index < -0.39 is 6.10 Å². The van der Waals surface area contributed by atoms with Gasteiger partial charge in [-0.15, -0.1) is 0 Å². The van der Waals surface area contributed by atoms with Gasteiger partial charge in [0.1, 0.15) is 0 Å². The standard InChI is InChI=1S/C9H11N3O/c10-4-9(13)7-1-2-12-6-11-5-8(12)3-7/h1-3,5-6,9,13H,4,10H2. The zero-order valence-corrected chi connectivity index (χ0v) is 7.09. The van der Waals surface area contributed by atoms with Crippen molar-refractivity contribution in [2.75, 3.05) is 6.54 Å². The van der Waals surface area contributed by atoms with E-state index in [0.29, 0.717) is 0 Å². The summed E-state index contributed by atoms with van der Waals surface area (Å²) in [5.41, 5.74) is 7.14. The molecule has 0 amide bonds. The van der Waals surface area contributed by atoms with Gasteiger partial charge in [-0.05, 0) is 17.7 Å². The molecule has 3 N–H and O–H groups in total. The third-order valence-electron chi connectivity index (χ3n) is 2.05. The van der Waals surface area contributed by atoms with Gasteiger partial charge in [0.2, 0.25) is 0 Å². The van der Waals surface area contributed by atoms with Crippen molar-refractivity contribution in [1.29, 1.82) is 0 Å². The molecule has 2 aromatic heterocycles. The van der Waals surface area contributed by atoms with Crippen LogP contribution in [0.3, 0.4) is 0 Å². The highest BCUT2D eigenvalue weighted by Crippen LogP contribution is 2.13. The van der Waals surface area contributed by atoms with E-state index >= 15 is 0 Å². The Morgan fingerprint density at radius 3 is 3.23 bits per heavy atom. The molecule has 2 heterocycles. The van der Waals surface area contributed by atoms with Crippen molar-refractivity contribution < 1.29 is 5.11 Å². The molecule has 0 aliphatic heterocycles. The SMILES string of the molecule is NCC(O)c1ccn2cncc2c1. The highest BCUT2D eigenvalue weighted by atomic mass is 16.3. The summed E-state index contributed by atoms with van der Waals surface area (Å²) in [4.78, 5) is 3.98. The third-order valence-corrected chi connectivity index (χ3v) is 2.05. The van der Waals surface area contributed by atoms with Crippen molar-refractivity contribution in [3.63, 3.8) is 0 Å². The maximum atomic E-state index is 9.47. The molecule has 0 saturated carbocycles. The molecule has 2 aromatic rings. The number of aliphatic hydroxyl groups is 1. The number of rotatable bonds is 2. The van der Waals surface area contributed by atoms with E-state index in [1.54, 1.807) is 12.5 Å². The lowest BCUT2D eigenvalue weighted by atomic mass is 10.1. The lowest BCUT2D eigenvalue weighted by Gasteiger charge is -2.07. The smallest absolute Gasteiger partial charge is 0.0991 e. The molecule has 0 aromatic carbocycles. The molecule has 0 radical (unpaired) electrons. The molecule has 1 unspecified atom stereocenters. The van der Waals surface area contributed by atoms with Gasteiger partial charge in [-0.2, -0.15) is 0 Å². The van der Waals surface area contributed by atoms with Crippen LogP contribution in [0.2, 0.25) is 0 Å². The summed E-state index contributed by atoms with van der Waals surface area (Å²) in [6.45, 7) is 0.240. The summed E-state index contributed by atoms with van der Waals surface area (Å²) in [6.07, 6.45) is 4.73. The number of aromatic nitrogens is 2. The minimum atomic E-state index is -0.583. The first-order valence-electron chi connectivity index (χ1n) is 4.11. The van der Waals surface area contributed by atoms with E-state index in [0.717, 1.165) is 11.1 Å². The Morgan fingerprint density at radius 2 is 2.46 bits per heavy atom. The van der Waals surface area contributed by atoms with Crippen LogP contribution in [0.15, 0.2) is 30.9 Å². The second-order valence-electron chi connectivity index (χ2n) is 2.94. The average Bonchev–Trinajstić information content (AvgIpc) is 2.63. The largest absolute Gasteiger partial charge is 0.387 e. The van der Waals surface area contributed by atoms with Gasteiger partial charge in [0, 0.05) is 12.7 Å². The van der Waals surface area contributed by atoms with Crippen LogP contribution in [-0.2, 0) is 0 Å². The van der Waals surface area contributed by atoms with Crippen LogP contribution >= 0.6 is 0 Å². The second-order valence-corrected chi connectivity index (χ2v) is 2.94. The highest BCUT2D eigenvalue weighted by Gasteiger charge is 2.05. The number of hydrogen-bond donors (Lipinski definition) is 2. The summed E-state index contributed by atoms with van der Waals surface area (Å²) in [5, 5.41) is 9.47. The predicted molar refractivity (Wildman–Crippen MR) is 49.2 cm³/mol. The number of aliphatic hydroxyl groups excluding tert-OH is 1. The summed E-state index contributed by atoms with van der Waals surface area (Å²) in [6, 6.07) is 3.72. The molecule has 0 fully saturated rings. The van der Waals surface area contributed by atoms with Crippen LogP contribution in [-0.4, -0.2) is 21.0 Å². The van der Waals surface area contributed by atoms with Gasteiger partial charge in [-0.25, -0.2) is 4.98 Å². The van der Waals surface area contributed by atoms with E-state index in [9.17, 15) is 5.11 Å². The van der Waals surface area contributed by atoms with Gasteiger partial charge in [0.25, 0.3) is 0 Å². The Kier molecular flexibility index (Phi) is 2.00. The van der Waals surface area contributed by atoms with Crippen molar-refractivity contribution in [1.82, 2.24) is 9.38 Å². The fraction of sp³-hybridized carbons (Fsp3) is 0.222. The van der Waals surface area contributed by atoms with Gasteiger partial charge >= 0.3 is 0 Å². The number of nitrogens with zero attached hydrogens (tertiary/aromatic N) is 2. The molecule has 4 nitrogen and oxygen atoms in total. The van der Waals surface area contributed by atoms with Crippen molar-refractivity contribution in [2.24, 2.45) is 5.73 Å². The Bertz CT molecular complexity index is 410. The first-order chi connectivity index (χ1) is 6.31. The van der Waals surface area contributed by atoms with Crippen molar-refractivity contribution in [3.05, 3.63) is 36.4 Å². The molecular weight excluding hydrogens is 166 g/mol. The zero-order valence-electron chi connectivity index (χ0n) is 7.09. The molecule has 2 rings (SSSR count). The topological polar surface area (TPSA) is 63.5 Å². The normalized spacial score (nSPS) is 13.4. The summed E-state index contributed by atoms with van der Waals surface area (Å²) in [5.74, 6) is 0. The van der Waals surface area contributed by atoms with Gasteiger partial charge in [0.15, 0.2) is 0 Å². The predicted octanol–water partition coefficient (Wildman–Crippen LogP) is 0.326.